The van der Waals surface area contributed by atoms with Crippen LogP contribution >= 0.6 is 0 Å². The van der Waals surface area contributed by atoms with E-state index in [1.54, 1.807) is 0 Å². The van der Waals surface area contributed by atoms with Crippen molar-refractivity contribution in [3.05, 3.63) is 42.0 Å². The third-order valence-corrected chi connectivity index (χ3v) is 4.55. The van der Waals surface area contributed by atoms with Gasteiger partial charge in [-0.05, 0) is 42.7 Å². The van der Waals surface area contributed by atoms with Crippen molar-refractivity contribution in [2.45, 2.75) is 45.4 Å². The molecule has 0 aromatic heterocycles. The Morgan fingerprint density at radius 3 is 2.35 bits per heavy atom. The van der Waals surface area contributed by atoms with Crippen molar-refractivity contribution in [2.24, 2.45) is 5.92 Å². The Balaban J connectivity index is 1.75. The Labute approximate surface area is 122 Å². The highest BCUT2D eigenvalue weighted by molar-refractivity contribution is 5.90. The van der Waals surface area contributed by atoms with Crippen molar-refractivity contribution in [3.63, 3.8) is 0 Å². The molecular weight excluding hydrogens is 244 g/mol. The quantitative estimate of drug-likeness (QED) is 0.668. The molecule has 2 aromatic rings. The van der Waals surface area contributed by atoms with Crippen LogP contribution in [0, 0.1) is 12.8 Å². The van der Waals surface area contributed by atoms with E-state index in [9.17, 15) is 0 Å². The standard InChI is InChI=1S/C19H24O/c1-15-12-13-19(18-11-7-6-10-17(15)18)20-14-16-8-4-2-3-5-9-16/h6-7,10-13,16H,2-5,8-9,14H2,1H3. The highest BCUT2D eigenvalue weighted by Crippen LogP contribution is 2.30. The van der Waals surface area contributed by atoms with Crippen molar-refractivity contribution in [2.75, 3.05) is 6.61 Å². The molecule has 106 valence electrons. The van der Waals surface area contributed by atoms with Gasteiger partial charge in [0.2, 0.25) is 0 Å². The van der Waals surface area contributed by atoms with Gasteiger partial charge < -0.3 is 4.74 Å². The topological polar surface area (TPSA) is 9.23 Å². The van der Waals surface area contributed by atoms with Gasteiger partial charge in [0, 0.05) is 5.39 Å². The number of rotatable bonds is 3. The minimum atomic E-state index is 0.748. The summed E-state index contributed by atoms with van der Waals surface area (Å²) in [6.07, 6.45) is 8.24. The molecule has 20 heavy (non-hydrogen) atoms. The van der Waals surface area contributed by atoms with Gasteiger partial charge in [0.25, 0.3) is 0 Å². The van der Waals surface area contributed by atoms with Crippen LogP contribution in [0.5, 0.6) is 5.75 Å². The zero-order valence-electron chi connectivity index (χ0n) is 12.4. The molecule has 1 saturated carbocycles. The molecule has 1 nitrogen and oxygen atoms in total. The second kappa shape index (κ2) is 6.30. The van der Waals surface area contributed by atoms with E-state index < -0.39 is 0 Å². The Kier molecular flexibility index (Phi) is 4.25. The van der Waals surface area contributed by atoms with Crippen molar-refractivity contribution >= 4 is 10.8 Å². The smallest absolute Gasteiger partial charge is 0.127 e. The van der Waals surface area contributed by atoms with Crippen LogP contribution in [0.4, 0.5) is 0 Å². The summed E-state index contributed by atoms with van der Waals surface area (Å²) in [5.41, 5.74) is 1.32. The fourth-order valence-electron chi connectivity index (χ4n) is 3.29. The molecular formula is C19H24O. The predicted octanol–water partition coefficient (Wildman–Crippen LogP) is 5.50. The highest BCUT2D eigenvalue weighted by Gasteiger charge is 2.13. The van der Waals surface area contributed by atoms with E-state index in [2.05, 4.69) is 43.3 Å². The average molecular weight is 268 g/mol. The van der Waals surface area contributed by atoms with Crippen molar-refractivity contribution in [1.82, 2.24) is 0 Å². The molecule has 0 amide bonds. The monoisotopic (exact) mass is 268 g/mol. The van der Waals surface area contributed by atoms with Gasteiger partial charge in [-0.25, -0.2) is 0 Å². The van der Waals surface area contributed by atoms with E-state index in [1.807, 2.05) is 0 Å². The first-order chi connectivity index (χ1) is 9.84. The Bertz CT molecular complexity index is 565. The van der Waals surface area contributed by atoms with Crippen LogP contribution in [0.1, 0.15) is 44.1 Å². The summed E-state index contributed by atoms with van der Waals surface area (Å²) in [6, 6.07) is 12.9. The summed E-state index contributed by atoms with van der Waals surface area (Å²) in [7, 11) is 0. The summed E-state index contributed by atoms with van der Waals surface area (Å²) in [5, 5.41) is 2.56. The maximum absolute atomic E-state index is 6.17. The number of hydrogen-bond acceptors (Lipinski definition) is 1. The first-order valence-electron chi connectivity index (χ1n) is 7.96. The van der Waals surface area contributed by atoms with E-state index >= 15 is 0 Å². The van der Waals surface area contributed by atoms with E-state index in [0.717, 1.165) is 18.3 Å². The molecule has 1 heteroatoms. The van der Waals surface area contributed by atoms with Gasteiger partial charge in [-0.3, -0.25) is 0 Å². The Morgan fingerprint density at radius 1 is 0.900 bits per heavy atom. The lowest BCUT2D eigenvalue weighted by molar-refractivity contribution is 0.236. The lowest BCUT2D eigenvalue weighted by Gasteiger charge is -2.17. The molecule has 0 spiro atoms. The van der Waals surface area contributed by atoms with Crippen molar-refractivity contribution in [3.8, 4) is 5.75 Å². The minimum Gasteiger partial charge on any atom is -0.493 e. The van der Waals surface area contributed by atoms with Gasteiger partial charge in [0.1, 0.15) is 5.75 Å². The van der Waals surface area contributed by atoms with Gasteiger partial charge in [-0.1, -0.05) is 56.0 Å². The molecule has 0 bridgehead atoms. The molecule has 0 N–H and O–H groups in total. The van der Waals surface area contributed by atoms with Crippen molar-refractivity contribution < 1.29 is 4.74 Å². The number of ether oxygens (including phenoxy) is 1. The van der Waals surface area contributed by atoms with Crippen LogP contribution in [-0.4, -0.2) is 6.61 Å². The fraction of sp³-hybridized carbons (Fsp3) is 0.474. The molecule has 0 radical (unpaired) electrons. The zero-order chi connectivity index (χ0) is 13.8. The van der Waals surface area contributed by atoms with E-state index in [-0.39, 0.29) is 0 Å². The lowest BCUT2D eigenvalue weighted by atomic mass is 10.0. The average Bonchev–Trinajstić information content (AvgIpc) is 2.76. The minimum absolute atomic E-state index is 0.748. The van der Waals surface area contributed by atoms with Crippen molar-refractivity contribution in [1.29, 1.82) is 0 Å². The lowest BCUT2D eigenvalue weighted by Crippen LogP contribution is -2.11. The van der Waals surface area contributed by atoms with E-state index in [4.69, 9.17) is 4.74 Å². The SMILES string of the molecule is Cc1ccc(OCC2CCCCCC2)c2ccccc12. The summed E-state index contributed by atoms with van der Waals surface area (Å²) in [5.74, 6) is 1.80. The molecule has 0 heterocycles. The summed E-state index contributed by atoms with van der Waals surface area (Å²) in [6.45, 7) is 3.05. The van der Waals surface area contributed by atoms with Crippen LogP contribution < -0.4 is 4.74 Å². The fourth-order valence-corrected chi connectivity index (χ4v) is 3.29. The van der Waals surface area contributed by atoms with Gasteiger partial charge in [-0.15, -0.1) is 0 Å². The van der Waals surface area contributed by atoms with Gasteiger partial charge >= 0.3 is 0 Å². The molecule has 2 aromatic carbocycles. The number of aryl methyl sites for hydroxylation is 1. The predicted molar refractivity (Wildman–Crippen MR) is 85.4 cm³/mol. The zero-order valence-corrected chi connectivity index (χ0v) is 12.4. The Hall–Kier alpha value is -1.50. The molecule has 0 saturated heterocycles. The van der Waals surface area contributed by atoms with E-state index in [0.29, 0.717) is 0 Å². The maximum Gasteiger partial charge on any atom is 0.127 e. The highest BCUT2D eigenvalue weighted by atomic mass is 16.5. The normalized spacial score (nSPS) is 17.1. The molecule has 0 atom stereocenters. The molecule has 1 aliphatic carbocycles. The second-order valence-corrected chi connectivity index (χ2v) is 6.09. The number of fused-ring (bicyclic) bond motifs is 1. The number of benzene rings is 2. The van der Waals surface area contributed by atoms with E-state index in [1.165, 1.54) is 54.9 Å². The largest absolute Gasteiger partial charge is 0.493 e. The third kappa shape index (κ3) is 2.98. The third-order valence-electron chi connectivity index (χ3n) is 4.55. The summed E-state index contributed by atoms with van der Waals surface area (Å²) >= 11 is 0. The second-order valence-electron chi connectivity index (χ2n) is 6.09. The van der Waals surface area contributed by atoms with Crippen LogP contribution in [0.3, 0.4) is 0 Å². The summed E-state index contributed by atoms with van der Waals surface area (Å²) < 4.78 is 6.17. The van der Waals surface area contributed by atoms with Gasteiger partial charge in [-0.2, -0.15) is 0 Å². The van der Waals surface area contributed by atoms with Crippen LogP contribution in [0.15, 0.2) is 36.4 Å². The van der Waals surface area contributed by atoms with Crippen LogP contribution in [-0.2, 0) is 0 Å². The van der Waals surface area contributed by atoms with Gasteiger partial charge in [0.15, 0.2) is 0 Å². The van der Waals surface area contributed by atoms with Gasteiger partial charge in [0.05, 0.1) is 6.61 Å². The first kappa shape index (κ1) is 13.5. The molecule has 0 aliphatic heterocycles. The Morgan fingerprint density at radius 2 is 1.60 bits per heavy atom. The summed E-state index contributed by atoms with van der Waals surface area (Å²) in [4.78, 5) is 0. The maximum atomic E-state index is 6.17. The molecule has 3 rings (SSSR count). The van der Waals surface area contributed by atoms with Crippen LogP contribution in [0.2, 0.25) is 0 Å². The molecule has 1 aliphatic rings. The molecule has 0 unspecified atom stereocenters. The number of hydrogen-bond donors (Lipinski definition) is 0. The first-order valence-corrected chi connectivity index (χ1v) is 7.96. The van der Waals surface area contributed by atoms with Crippen LogP contribution in [0.25, 0.3) is 10.8 Å². The molecule has 1 fully saturated rings.